The van der Waals surface area contributed by atoms with E-state index < -0.39 is 5.41 Å². The second-order valence-electron chi connectivity index (χ2n) is 4.32. The van der Waals surface area contributed by atoms with Crippen LogP contribution in [0.2, 0.25) is 0 Å². The highest BCUT2D eigenvalue weighted by atomic mass is 32.1. The van der Waals surface area contributed by atoms with Gasteiger partial charge in [-0.1, -0.05) is 56.4 Å². The van der Waals surface area contributed by atoms with Crippen molar-refractivity contribution in [2.45, 2.75) is 33.2 Å². The minimum Gasteiger partial charge on any atom is -0.392 e. The van der Waals surface area contributed by atoms with E-state index in [1.807, 2.05) is 44.2 Å². The van der Waals surface area contributed by atoms with Crippen molar-refractivity contribution in [1.82, 2.24) is 5.32 Å². The Bertz CT molecular complexity index is 413. The zero-order chi connectivity index (χ0) is 13.6. The largest absolute Gasteiger partial charge is 0.392 e. The van der Waals surface area contributed by atoms with E-state index in [9.17, 15) is 4.79 Å². The van der Waals surface area contributed by atoms with Crippen molar-refractivity contribution in [2.24, 2.45) is 11.1 Å². The summed E-state index contributed by atoms with van der Waals surface area (Å²) in [5.41, 5.74) is 6.08. The van der Waals surface area contributed by atoms with Gasteiger partial charge in [-0.25, -0.2) is 0 Å². The van der Waals surface area contributed by atoms with Crippen LogP contribution in [-0.4, -0.2) is 10.9 Å². The molecular formula is C14H20N2OS. The van der Waals surface area contributed by atoms with Gasteiger partial charge in [-0.2, -0.15) is 0 Å². The third-order valence-corrected chi connectivity index (χ3v) is 3.80. The maximum atomic E-state index is 12.3. The van der Waals surface area contributed by atoms with E-state index in [0.29, 0.717) is 19.4 Å². The quantitative estimate of drug-likeness (QED) is 0.776. The third-order valence-electron chi connectivity index (χ3n) is 3.41. The maximum absolute atomic E-state index is 12.3. The van der Waals surface area contributed by atoms with E-state index in [1.165, 1.54) is 0 Å². The number of carbonyl (C=O) groups is 1. The van der Waals surface area contributed by atoms with Crippen molar-refractivity contribution in [1.29, 1.82) is 0 Å². The van der Waals surface area contributed by atoms with E-state index in [0.717, 1.165) is 5.56 Å². The molecule has 1 aromatic carbocycles. The van der Waals surface area contributed by atoms with Crippen LogP contribution in [0, 0.1) is 5.41 Å². The summed E-state index contributed by atoms with van der Waals surface area (Å²) in [5.74, 6) is -0.0798. The molecule has 3 N–H and O–H groups in total. The van der Waals surface area contributed by atoms with E-state index in [1.54, 1.807) is 0 Å². The molecule has 0 fully saturated rings. The summed E-state index contributed by atoms with van der Waals surface area (Å²) in [6.07, 6.45) is 1.25. The fraction of sp³-hybridized carbons (Fsp3) is 0.429. The molecule has 4 heteroatoms. The number of rotatable bonds is 6. The first-order valence-corrected chi connectivity index (χ1v) is 6.59. The van der Waals surface area contributed by atoms with Gasteiger partial charge >= 0.3 is 0 Å². The Hall–Kier alpha value is -1.42. The average Bonchev–Trinajstić information content (AvgIpc) is 2.39. The third kappa shape index (κ3) is 3.07. The van der Waals surface area contributed by atoms with Gasteiger partial charge in [0.2, 0.25) is 5.91 Å². The van der Waals surface area contributed by atoms with Crippen LogP contribution in [0.1, 0.15) is 32.3 Å². The fourth-order valence-electron chi connectivity index (χ4n) is 1.98. The van der Waals surface area contributed by atoms with E-state index in [-0.39, 0.29) is 10.9 Å². The number of amides is 1. The zero-order valence-electron chi connectivity index (χ0n) is 10.9. The number of carbonyl (C=O) groups excluding carboxylic acids is 1. The van der Waals surface area contributed by atoms with Crippen molar-refractivity contribution < 1.29 is 4.79 Å². The van der Waals surface area contributed by atoms with Gasteiger partial charge in [-0.15, -0.1) is 0 Å². The Kier molecular flexibility index (Phi) is 5.28. The van der Waals surface area contributed by atoms with Crippen LogP contribution in [0.5, 0.6) is 0 Å². The molecule has 0 atom stereocenters. The molecule has 1 aromatic rings. The molecule has 0 spiro atoms. The molecule has 0 bridgehead atoms. The Balaban J connectivity index is 2.72. The number of benzene rings is 1. The predicted octanol–water partition coefficient (Wildman–Crippen LogP) is 2.40. The minimum atomic E-state index is -0.718. The van der Waals surface area contributed by atoms with Crippen LogP contribution >= 0.6 is 12.2 Å². The van der Waals surface area contributed by atoms with Gasteiger partial charge in [-0.05, 0) is 18.4 Å². The number of thiocarbonyl (C=S) groups is 1. The number of hydrogen-bond acceptors (Lipinski definition) is 2. The molecule has 0 heterocycles. The van der Waals surface area contributed by atoms with Crippen LogP contribution in [0.15, 0.2) is 30.3 Å². The fourth-order valence-corrected chi connectivity index (χ4v) is 2.36. The highest BCUT2D eigenvalue weighted by Gasteiger charge is 2.37. The highest BCUT2D eigenvalue weighted by Crippen LogP contribution is 2.27. The molecule has 0 aliphatic rings. The molecule has 1 amide bonds. The minimum absolute atomic E-state index is 0.0798. The van der Waals surface area contributed by atoms with Crippen LogP contribution < -0.4 is 11.1 Å². The smallest absolute Gasteiger partial charge is 0.233 e. The molecule has 0 aliphatic carbocycles. The molecule has 18 heavy (non-hydrogen) atoms. The lowest BCUT2D eigenvalue weighted by atomic mass is 9.81. The lowest BCUT2D eigenvalue weighted by molar-refractivity contribution is -0.128. The van der Waals surface area contributed by atoms with Gasteiger partial charge in [0.1, 0.15) is 0 Å². The maximum Gasteiger partial charge on any atom is 0.233 e. The Morgan fingerprint density at radius 3 is 2.28 bits per heavy atom. The first kappa shape index (κ1) is 14.6. The van der Waals surface area contributed by atoms with Crippen molar-refractivity contribution >= 4 is 23.1 Å². The van der Waals surface area contributed by atoms with Crippen molar-refractivity contribution in [3.8, 4) is 0 Å². The summed E-state index contributed by atoms with van der Waals surface area (Å²) in [4.78, 5) is 12.5. The standard InChI is InChI=1S/C14H20N2OS/c1-3-14(4-2,12(15)18)13(17)16-10-11-8-6-5-7-9-11/h5-9H,3-4,10H2,1-2H3,(H2,15,18)(H,16,17). The summed E-state index contributed by atoms with van der Waals surface area (Å²) in [5, 5.41) is 2.92. The Morgan fingerprint density at radius 2 is 1.83 bits per heavy atom. The highest BCUT2D eigenvalue weighted by molar-refractivity contribution is 7.80. The van der Waals surface area contributed by atoms with Crippen LogP contribution in [-0.2, 0) is 11.3 Å². The van der Waals surface area contributed by atoms with Crippen LogP contribution in [0.3, 0.4) is 0 Å². The number of hydrogen-bond donors (Lipinski definition) is 2. The molecule has 0 saturated heterocycles. The van der Waals surface area contributed by atoms with E-state index in [4.69, 9.17) is 18.0 Å². The molecule has 3 nitrogen and oxygen atoms in total. The van der Waals surface area contributed by atoms with Crippen LogP contribution in [0.25, 0.3) is 0 Å². The van der Waals surface area contributed by atoms with E-state index >= 15 is 0 Å². The van der Waals surface area contributed by atoms with Gasteiger partial charge in [0, 0.05) is 6.54 Å². The molecule has 98 valence electrons. The first-order chi connectivity index (χ1) is 8.56. The molecule has 0 aliphatic heterocycles. The summed E-state index contributed by atoms with van der Waals surface area (Å²) in [6, 6.07) is 9.79. The van der Waals surface area contributed by atoms with Crippen LogP contribution in [0.4, 0.5) is 0 Å². The second kappa shape index (κ2) is 6.50. The van der Waals surface area contributed by atoms with Crippen molar-refractivity contribution in [2.75, 3.05) is 0 Å². The average molecular weight is 264 g/mol. The SMILES string of the molecule is CCC(CC)(C(=O)NCc1ccccc1)C(N)=S. The zero-order valence-corrected chi connectivity index (χ0v) is 11.7. The molecule has 0 aromatic heterocycles. The summed E-state index contributed by atoms with van der Waals surface area (Å²) in [6.45, 7) is 4.37. The Morgan fingerprint density at radius 1 is 1.28 bits per heavy atom. The number of nitrogens with one attached hydrogen (secondary N) is 1. The summed E-state index contributed by atoms with van der Waals surface area (Å²) >= 11 is 5.05. The molecule has 0 saturated carbocycles. The normalized spacial score (nSPS) is 11.0. The first-order valence-electron chi connectivity index (χ1n) is 6.19. The van der Waals surface area contributed by atoms with Gasteiger partial charge in [0.05, 0.1) is 10.4 Å². The number of nitrogens with two attached hydrogens (primary N) is 1. The van der Waals surface area contributed by atoms with Gasteiger partial charge in [0.25, 0.3) is 0 Å². The topological polar surface area (TPSA) is 55.1 Å². The molecule has 0 radical (unpaired) electrons. The van der Waals surface area contributed by atoms with Crippen molar-refractivity contribution in [3.05, 3.63) is 35.9 Å². The van der Waals surface area contributed by atoms with Gasteiger partial charge < -0.3 is 11.1 Å². The van der Waals surface area contributed by atoms with Gasteiger partial charge in [0.15, 0.2) is 0 Å². The van der Waals surface area contributed by atoms with E-state index in [2.05, 4.69) is 5.32 Å². The molecule has 1 rings (SSSR count). The summed E-state index contributed by atoms with van der Waals surface area (Å²) < 4.78 is 0. The van der Waals surface area contributed by atoms with Gasteiger partial charge in [-0.3, -0.25) is 4.79 Å². The monoisotopic (exact) mass is 264 g/mol. The lowest BCUT2D eigenvalue weighted by Crippen LogP contribution is -2.48. The molecule has 0 unspecified atom stereocenters. The summed E-state index contributed by atoms with van der Waals surface area (Å²) in [7, 11) is 0. The predicted molar refractivity (Wildman–Crippen MR) is 78.1 cm³/mol. The molecular weight excluding hydrogens is 244 g/mol. The second-order valence-corrected chi connectivity index (χ2v) is 4.76. The van der Waals surface area contributed by atoms with Crippen molar-refractivity contribution in [3.63, 3.8) is 0 Å². The Labute approximate surface area is 114 Å². The lowest BCUT2D eigenvalue weighted by Gasteiger charge is -2.28.